The lowest BCUT2D eigenvalue weighted by molar-refractivity contribution is -0.140. The number of piperidine rings is 1. The predicted molar refractivity (Wildman–Crippen MR) is 69.7 cm³/mol. The van der Waals surface area contributed by atoms with E-state index in [9.17, 15) is 9.90 Å². The Morgan fingerprint density at radius 2 is 2.00 bits per heavy atom. The van der Waals surface area contributed by atoms with Crippen LogP contribution in [0.3, 0.4) is 0 Å². The molecule has 1 amide bonds. The van der Waals surface area contributed by atoms with Crippen molar-refractivity contribution < 1.29 is 9.90 Å². The minimum absolute atomic E-state index is 0.171. The highest BCUT2D eigenvalue weighted by Gasteiger charge is 2.30. The van der Waals surface area contributed by atoms with Gasteiger partial charge in [0.05, 0.1) is 6.10 Å². The minimum Gasteiger partial charge on any atom is -0.393 e. The van der Waals surface area contributed by atoms with Gasteiger partial charge in [-0.05, 0) is 45.4 Å². The molecule has 17 heavy (non-hydrogen) atoms. The Balaban J connectivity index is 2.66. The molecule has 2 unspecified atom stereocenters. The summed E-state index contributed by atoms with van der Waals surface area (Å²) in [5.74, 6) is 0.477. The fourth-order valence-electron chi connectivity index (χ4n) is 2.80. The molecule has 0 aliphatic carbocycles. The van der Waals surface area contributed by atoms with Gasteiger partial charge in [0.2, 0.25) is 5.91 Å². The summed E-state index contributed by atoms with van der Waals surface area (Å²) in [5.41, 5.74) is 0. The third-order valence-corrected chi connectivity index (χ3v) is 3.86. The molecule has 0 aromatic heterocycles. The normalized spacial score (nSPS) is 22.9. The predicted octanol–water partition coefficient (Wildman–Crippen LogP) is 2.57. The second-order valence-corrected chi connectivity index (χ2v) is 5.28. The fourth-order valence-corrected chi connectivity index (χ4v) is 2.80. The molecule has 0 aromatic rings. The summed E-state index contributed by atoms with van der Waals surface area (Å²) < 4.78 is 0. The minimum atomic E-state index is -0.310. The zero-order valence-electron chi connectivity index (χ0n) is 11.5. The summed E-state index contributed by atoms with van der Waals surface area (Å²) in [4.78, 5) is 14.4. The van der Waals surface area contributed by atoms with Gasteiger partial charge in [-0.15, -0.1) is 0 Å². The number of hydrogen-bond acceptors (Lipinski definition) is 2. The lowest BCUT2D eigenvalue weighted by Crippen LogP contribution is -2.47. The average molecular weight is 241 g/mol. The van der Waals surface area contributed by atoms with E-state index in [-0.39, 0.29) is 18.1 Å². The maximum absolute atomic E-state index is 12.4. The first-order valence-corrected chi connectivity index (χ1v) is 7.08. The van der Waals surface area contributed by atoms with Crippen LogP contribution in [0.15, 0.2) is 0 Å². The van der Waals surface area contributed by atoms with Crippen molar-refractivity contribution in [3.63, 3.8) is 0 Å². The number of rotatable bonds is 5. The summed E-state index contributed by atoms with van der Waals surface area (Å²) in [6.07, 6.45) is 5.62. The van der Waals surface area contributed by atoms with E-state index < -0.39 is 0 Å². The molecule has 1 aliphatic rings. The van der Waals surface area contributed by atoms with Gasteiger partial charge in [0.15, 0.2) is 0 Å². The van der Waals surface area contributed by atoms with Gasteiger partial charge in [-0.1, -0.05) is 13.8 Å². The van der Waals surface area contributed by atoms with Gasteiger partial charge in [-0.25, -0.2) is 0 Å². The number of aliphatic hydroxyl groups excluding tert-OH is 1. The number of aliphatic hydroxyl groups is 1. The number of amides is 1. The first-order chi connectivity index (χ1) is 8.10. The molecule has 0 aromatic carbocycles. The molecule has 0 bridgehead atoms. The first-order valence-electron chi connectivity index (χ1n) is 7.08. The average Bonchev–Trinajstić information content (AvgIpc) is 2.30. The van der Waals surface area contributed by atoms with Crippen LogP contribution in [0.2, 0.25) is 0 Å². The smallest absolute Gasteiger partial charge is 0.225 e. The Bertz CT molecular complexity index is 236. The lowest BCUT2D eigenvalue weighted by atomic mass is 9.93. The third kappa shape index (κ3) is 3.98. The molecule has 1 fully saturated rings. The van der Waals surface area contributed by atoms with Crippen LogP contribution in [0.1, 0.15) is 59.3 Å². The molecule has 1 aliphatic heterocycles. The lowest BCUT2D eigenvalue weighted by Gasteiger charge is -2.38. The van der Waals surface area contributed by atoms with E-state index in [0.717, 1.165) is 38.6 Å². The summed E-state index contributed by atoms with van der Waals surface area (Å²) in [6, 6.07) is 0.261. The van der Waals surface area contributed by atoms with Crippen LogP contribution in [-0.4, -0.2) is 34.6 Å². The molecule has 1 saturated heterocycles. The van der Waals surface area contributed by atoms with Crippen molar-refractivity contribution in [1.29, 1.82) is 0 Å². The van der Waals surface area contributed by atoms with E-state index in [1.54, 1.807) is 0 Å². The first kappa shape index (κ1) is 14.5. The molecule has 3 nitrogen and oxygen atoms in total. The summed E-state index contributed by atoms with van der Waals surface area (Å²) in [7, 11) is 0. The Morgan fingerprint density at radius 3 is 2.53 bits per heavy atom. The molecule has 0 radical (unpaired) electrons. The van der Waals surface area contributed by atoms with Crippen molar-refractivity contribution in [3.05, 3.63) is 0 Å². The molecule has 1 N–H and O–H groups in total. The molecule has 100 valence electrons. The van der Waals surface area contributed by atoms with Crippen molar-refractivity contribution in [3.8, 4) is 0 Å². The van der Waals surface area contributed by atoms with E-state index in [2.05, 4.69) is 13.8 Å². The van der Waals surface area contributed by atoms with Crippen molar-refractivity contribution >= 4 is 5.91 Å². The molecule has 1 rings (SSSR count). The van der Waals surface area contributed by atoms with E-state index in [0.29, 0.717) is 5.91 Å². The van der Waals surface area contributed by atoms with Gasteiger partial charge >= 0.3 is 0 Å². The quantitative estimate of drug-likeness (QED) is 0.803. The molecule has 0 saturated carbocycles. The van der Waals surface area contributed by atoms with Gasteiger partial charge in [0.1, 0.15) is 0 Å². The van der Waals surface area contributed by atoms with Crippen LogP contribution in [0.5, 0.6) is 0 Å². The highest BCUT2D eigenvalue weighted by Crippen LogP contribution is 2.24. The highest BCUT2D eigenvalue weighted by atomic mass is 16.3. The van der Waals surface area contributed by atoms with Crippen molar-refractivity contribution in [2.24, 2.45) is 5.92 Å². The van der Waals surface area contributed by atoms with E-state index >= 15 is 0 Å². The summed E-state index contributed by atoms with van der Waals surface area (Å²) in [5, 5.41) is 9.52. The van der Waals surface area contributed by atoms with Gasteiger partial charge in [0.25, 0.3) is 0 Å². The van der Waals surface area contributed by atoms with E-state index in [1.807, 2.05) is 11.8 Å². The number of nitrogens with zero attached hydrogens (tertiary/aromatic N) is 1. The van der Waals surface area contributed by atoms with Crippen LogP contribution < -0.4 is 0 Å². The van der Waals surface area contributed by atoms with Gasteiger partial charge in [-0.3, -0.25) is 4.79 Å². The van der Waals surface area contributed by atoms with Gasteiger partial charge in [-0.2, -0.15) is 0 Å². The Labute approximate surface area is 105 Å². The fraction of sp³-hybridized carbons (Fsp3) is 0.929. The van der Waals surface area contributed by atoms with Crippen LogP contribution in [0.4, 0.5) is 0 Å². The summed E-state index contributed by atoms with van der Waals surface area (Å²) >= 11 is 0. The SMILES string of the molecule is CCC(CC)C(=O)N1CCCCC1CC(C)O. The second-order valence-electron chi connectivity index (χ2n) is 5.28. The largest absolute Gasteiger partial charge is 0.393 e. The Hall–Kier alpha value is -0.570. The third-order valence-electron chi connectivity index (χ3n) is 3.86. The van der Waals surface area contributed by atoms with Crippen LogP contribution >= 0.6 is 0 Å². The Morgan fingerprint density at radius 1 is 1.35 bits per heavy atom. The molecule has 2 atom stereocenters. The number of carbonyl (C=O) groups is 1. The zero-order valence-corrected chi connectivity index (χ0v) is 11.5. The second kappa shape index (κ2) is 7.00. The highest BCUT2D eigenvalue weighted by molar-refractivity contribution is 5.79. The Kier molecular flexibility index (Phi) is 5.96. The zero-order chi connectivity index (χ0) is 12.8. The van der Waals surface area contributed by atoms with E-state index in [4.69, 9.17) is 0 Å². The van der Waals surface area contributed by atoms with Crippen molar-refractivity contribution in [2.45, 2.75) is 71.4 Å². The maximum atomic E-state index is 12.4. The van der Waals surface area contributed by atoms with E-state index in [1.165, 1.54) is 6.42 Å². The van der Waals surface area contributed by atoms with Crippen LogP contribution in [0, 0.1) is 5.92 Å². The van der Waals surface area contributed by atoms with Crippen molar-refractivity contribution in [1.82, 2.24) is 4.90 Å². The maximum Gasteiger partial charge on any atom is 0.225 e. The van der Waals surface area contributed by atoms with Crippen molar-refractivity contribution in [2.75, 3.05) is 6.54 Å². The van der Waals surface area contributed by atoms with Gasteiger partial charge in [0, 0.05) is 18.5 Å². The molecule has 0 spiro atoms. The molecular weight excluding hydrogens is 214 g/mol. The standard InChI is InChI=1S/C14H27NO2/c1-4-12(5-2)14(17)15-9-7-6-8-13(15)10-11(3)16/h11-13,16H,4-10H2,1-3H3. The number of likely N-dealkylation sites (tertiary alicyclic amines) is 1. The molecule has 3 heteroatoms. The van der Waals surface area contributed by atoms with Gasteiger partial charge < -0.3 is 10.0 Å². The van der Waals surface area contributed by atoms with Crippen LogP contribution in [0.25, 0.3) is 0 Å². The summed E-state index contributed by atoms with van der Waals surface area (Å²) in [6.45, 7) is 6.86. The number of carbonyl (C=O) groups excluding carboxylic acids is 1. The molecule has 1 heterocycles. The topological polar surface area (TPSA) is 40.5 Å². The monoisotopic (exact) mass is 241 g/mol. The number of hydrogen-bond donors (Lipinski definition) is 1. The van der Waals surface area contributed by atoms with Crippen LogP contribution in [-0.2, 0) is 4.79 Å². The molecular formula is C14H27NO2.